The molecule has 1 aliphatic rings. The SMILES string of the molecule is Cc1cc(C)c(CNC(=O)NCCCN2CCC(C)CC2)c(=O)[nH]1. The molecule has 1 fully saturated rings. The standard InChI is InChI=1S/C18H30N4O2/c1-13-5-9-22(10-6-13)8-4-7-19-18(24)20-12-16-14(2)11-15(3)21-17(16)23/h11,13H,4-10,12H2,1-3H3,(H,21,23)(H2,19,20,24). The zero-order valence-electron chi connectivity index (χ0n) is 15.1. The van der Waals surface area contributed by atoms with Crippen molar-refractivity contribution in [2.75, 3.05) is 26.2 Å². The molecule has 134 valence electrons. The summed E-state index contributed by atoms with van der Waals surface area (Å²) < 4.78 is 0. The van der Waals surface area contributed by atoms with Crippen LogP contribution in [0, 0.1) is 19.8 Å². The highest BCUT2D eigenvalue weighted by atomic mass is 16.2. The van der Waals surface area contributed by atoms with Crippen LogP contribution in [0.1, 0.15) is 43.0 Å². The third-order valence-electron chi connectivity index (χ3n) is 4.73. The molecular formula is C18H30N4O2. The number of piperidine rings is 1. The highest BCUT2D eigenvalue weighted by Gasteiger charge is 2.14. The predicted octanol–water partition coefficient (Wildman–Crippen LogP) is 1.91. The van der Waals surface area contributed by atoms with Crippen molar-refractivity contribution in [2.45, 2.75) is 46.6 Å². The van der Waals surface area contributed by atoms with Crippen molar-refractivity contribution in [1.29, 1.82) is 0 Å². The summed E-state index contributed by atoms with van der Waals surface area (Å²) in [6, 6.07) is 1.69. The van der Waals surface area contributed by atoms with E-state index in [1.54, 1.807) is 0 Å². The Balaban J connectivity index is 1.64. The Morgan fingerprint density at radius 2 is 2.00 bits per heavy atom. The van der Waals surface area contributed by atoms with Crippen LogP contribution in [0.3, 0.4) is 0 Å². The van der Waals surface area contributed by atoms with E-state index in [2.05, 4.69) is 27.4 Å². The minimum atomic E-state index is -0.221. The molecule has 2 rings (SSSR count). The molecule has 0 radical (unpaired) electrons. The second kappa shape index (κ2) is 8.87. The van der Waals surface area contributed by atoms with E-state index in [0.717, 1.165) is 30.1 Å². The molecule has 0 saturated carbocycles. The zero-order chi connectivity index (χ0) is 17.5. The molecule has 6 nitrogen and oxygen atoms in total. The van der Waals surface area contributed by atoms with Crippen LogP contribution < -0.4 is 16.2 Å². The fraction of sp³-hybridized carbons (Fsp3) is 0.667. The lowest BCUT2D eigenvalue weighted by atomic mass is 9.99. The highest BCUT2D eigenvalue weighted by Crippen LogP contribution is 2.15. The van der Waals surface area contributed by atoms with Gasteiger partial charge in [-0.05, 0) is 70.3 Å². The van der Waals surface area contributed by atoms with Gasteiger partial charge in [0.25, 0.3) is 5.56 Å². The van der Waals surface area contributed by atoms with Crippen LogP contribution in [0.5, 0.6) is 0 Å². The number of likely N-dealkylation sites (tertiary alicyclic amines) is 1. The summed E-state index contributed by atoms with van der Waals surface area (Å²) >= 11 is 0. The minimum absolute atomic E-state index is 0.132. The second-order valence-electron chi connectivity index (χ2n) is 6.93. The van der Waals surface area contributed by atoms with E-state index < -0.39 is 0 Å². The number of nitrogens with one attached hydrogen (secondary N) is 3. The van der Waals surface area contributed by atoms with E-state index in [4.69, 9.17) is 0 Å². The molecule has 0 aliphatic carbocycles. The molecule has 1 aliphatic heterocycles. The van der Waals surface area contributed by atoms with Crippen molar-refractivity contribution in [3.8, 4) is 0 Å². The number of H-pyrrole nitrogens is 1. The lowest BCUT2D eigenvalue weighted by Gasteiger charge is -2.30. The summed E-state index contributed by atoms with van der Waals surface area (Å²) in [5.41, 5.74) is 2.21. The molecule has 0 bridgehead atoms. The Morgan fingerprint density at radius 1 is 1.29 bits per heavy atom. The fourth-order valence-corrected chi connectivity index (χ4v) is 3.12. The third kappa shape index (κ3) is 5.67. The van der Waals surface area contributed by atoms with Crippen LogP contribution in [0.15, 0.2) is 10.9 Å². The van der Waals surface area contributed by atoms with Gasteiger partial charge in [0.2, 0.25) is 0 Å². The van der Waals surface area contributed by atoms with Gasteiger partial charge in [-0.3, -0.25) is 4.79 Å². The van der Waals surface area contributed by atoms with Gasteiger partial charge in [-0.15, -0.1) is 0 Å². The van der Waals surface area contributed by atoms with Crippen LogP contribution in [0.25, 0.3) is 0 Å². The maximum atomic E-state index is 11.9. The van der Waals surface area contributed by atoms with Crippen LogP contribution >= 0.6 is 0 Å². The minimum Gasteiger partial charge on any atom is -0.338 e. The number of hydrogen-bond acceptors (Lipinski definition) is 3. The molecule has 0 atom stereocenters. The predicted molar refractivity (Wildman–Crippen MR) is 96.2 cm³/mol. The van der Waals surface area contributed by atoms with Crippen LogP contribution in [0.2, 0.25) is 0 Å². The van der Waals surface area contributed by atoms with Crippen molar-refractivity contribution in [1.82, 2.24) is 20.5 Å². The molecule has 6 heteroatoms. The van der Waals surface area contributed by atoms with Gasteiger partial charge >= 0.3 is 6.03 Å². The summed E-state index contributed by atoms with van der Waals surface area (Å²) in [5.74, 6) is 0.846. The van der Waals surface area contributed by atoms with E-state index >= 15 is 0 Å². The molecular weight excluding hydrogens is 304 g/mol. The normalized spacial score (nSPS) is 16.1. The fourth-order valence-electron chi connectivity index (χ4n) is 3.12. The summed E-state index contributed by atoms with van der Waals surface area (Å²) in [4.78, 5) is 29.0. The van der Waals surface area contributed by atoms with Gasteiger partial charge in [0.05, 0.1) is 6.54 Å². The molecule has 0 unspecified atom stereocenters. The molecule has 24 heavy (non-hydrogen) atoms. The van der Waals surface area contributed by atoms with Crippen LogP contribution in [0.4, 0.5) is 4.79 Å². The molecule has 2 amide bonds. The van der Waals surface area contributed by atoms with Gasteiger partial charge in [-0.2, -0.15) is 0 Å². The van der Waals surface area contributed by atoms with Gasteiger partial charge in [0.15, 0.2) is 0 Å². The van der Waals surface area contributed by atoms with E-state index in [1.807, 2.05) is 19.9 Å². The summed E-state index contributed by atoms with van der Waals surface area (Å²) in [6.45, 7) is 10.3. The van der Waals surface area contributed by atoms with Gasteiger partial charge in [0.1, 0.15) is 0 Å². The third-order valence-corrected chi connectivity index (χ3v) is 4.73. The van der Waals surface area contributed by atoms with E-state index in [9.17, 15) is 9.59 Å². The van der Waals surface area contributed by atoms with Gasteiger partial charge in [0, 0.05) is 17.8 Å². The number of pyridine rings is 1. The zero-order valence-corrected chi connectivity index (χ0v) is 15.1. The molecule has 1 aromatic rings. The number of carbonyl (C=O) groups is 1. The number of amides is 2. The van der Waals surface area contributed by atoms with Crippen molar-refractivity contribution < 1.29 is 4.79 Å². The average molecular weight is 334 g/mol. The maximum absolute atomic E-state index is 11.9. The smallest absolute Gasteiger partial charge is 0.315 e. The molecule has 1 aromatic heterocycles. The molecule has 2 heterocycles. The Bertz CT molecular complexity index is 604. The lowest BCUT2D eigenvalue weighted by molar-refractivity contribution is 0.190. The molecule has 1 saturated heterocycles. The number of urea groups is 1. The first kappa shape index (κ1) is 18.5. The quantitative estimate of drug-likeness (QED) is 0.696. The summed E-state index contributed by atoms with van der Waals surface area (Å²) in [6.07, 6.45) is 3.50. The van der Waals surface area contributed by atoms with E-state index in [-0.39, 0.29) is 18.1 Å². The molecule has 0 aromatic carbocycles. The maximum Gasteiger partial charge on any atom is 0.315 e. The number of hydrogen-bond donors (Lipinski definition) is 3. The first-order chi connectivity index (χ1) is 11.5. The van der Waals surface area contributed by atoms with Crippen molar-refractivity contribution in [3.05, 3.63) is 33.2 Å². The number of nitrogens with zero attached hydrogens (tertiary/aromatic N) is 1. The Hall–Kier alpha value is -1.82. The molecule has 3 N–H and O–H groups in total. The van der Waals surface area contributed by atoms with Crippen molar-refractivity contribution >= 4 is 6.03 Å². The Morgan fingerprint density at radius 3 is 2.67 bits per heavy atom. The van der Waals surface area contributed by atoms with Gasteiger partial charge < -0.3 is 20.5 Å². The van der Waals surface area contributed by atoms with Crippen molar-refractivity contribution in [3.63, 3.8) is 0 Å². The topological polar surface area (TPSA) is 77.2 Å². The van der Waals surface area contributed by atoms with Crippen LogP contribution in [-0.4, -0.2) is 42.1 Å². The average Bonchev–Trinajstić information content (AvgIpc) is 2.52. The number of aryl methyl sites for hydroxylation is 2. The first-order valence-electron chi connectivity index (χ1n) is 8.89. The van der Waals surface area contributed by atoms with Gasteiger partial charge in [-0.1, -0.05) is 6.92 Å². The number of rotatable bonds is 6. The lowest BCUT2D eigenvalue weighted by Crippen LogP contribution is -2.39. The Kier molecular flexibility index (Phi) is 6.85. The number of aromatic nitrogens is 1. The van der Waals surface area contributed by atoms with E-state index in [0.29, 0.717) is 12.1 Å². The summed E-state index contributed by atoms with van der Waals surface area (Å²) in [7, 11) is 0. The second-order valence-corrected chi connectivity index (χ2v) is 6.93. The monoisotopic (exact) mass is 334 g/mol. The van der Waals surface area contributed by atoms with Gasteiger partial charge in [-0.25, -0.2) is 4.79 Å². The molecule has 0 spiro atoms. The van der Waals surface area contributed by atoms with E-state index in [1.165, 1.54) is 25.9 Å². The van der Waals surface area contributed by atoms with Crippen LogP contribution in [-0.2, 0) is 6.54 Å². The van der Waals surface area contributed by atoms with Crippen molar-refractivity contribution in [2.24, 2.45) is 5.92 Å². The highest BCUT2D eigenvalue weighted by molar-refractivity contribution is 5.73. The number of aromatic amines is 1. The largest absolute Gasteiger partial charge is 0.338 e. The first-order valence-corrected chi connectivity index (χ1v) is 8.89. The Labute approximate surface area is 144 Å². The summed E-state index contributed by atoms with van der Waals surface area (Å²) in [5, 5.41) is 5.62. The number of carbonyl (C=O) groups excluding carboxylic acids is 1.